The molecule has 0 fully saturated rings. The Kier molecular flexibility index (Phi) is 5.00. The van der Waals surface area contributed by atoms with Crippen molar-refractivity contribution in [3.63, 3.8) is 0 Å². The van der Waals surface area contributed by atoms with Crippen molar-refractivity contribution in [1.82, 2.24) is 25.5 Å². The first-order valence-corrected chi connectivity index (χ1v) is 8.04. The summed E-state index contributed by atoms with van der Waals surface area (Å²) in [5.74, 6) is 0.685. The van der Waals surface area contributed by atoms with Crippen LogP contribution in [0, 0.1) is 0 Å². The fraction of sp³-hybridized carbons (Fsp3) is 0.125. The maximum atomic E-state index is 12.1. The fourth-order valence-electron chi connectivity index (χ4n) is 1.95. The molecule has 0 saturated heterocycles. The van der Waals surface area contributed by atoms with Crippen LogP contribution < -0.4 is 5.32 Å². The molecule has 0 atom stereocenters. The van der Waals surface area contributed by atoms with Crippen LogP contribution in [-0.4, -0.2) is 26.1 Å². The Labute approximate surface area is 137 Å². The third-order valence-corrected chi connectivity index (χ3v) is 4.13. The van der Waals surface area contributed by atoms with Crippen LogP contribution in [0.4, 0.5) is 0 Å². The Morgan fingerprint density at radius 3 is 2.57 bits per heavy atom. The topological polar surface area (TPSA) is 83.6 Å². The Balaban J connectivity index is 1.53. The highest BCUT2D eigenvalue weighted by atomic mass is 32.2. The predicted octanol–water partition coefficient (Wildman–Crippen LogP) is 2.42. The van der Waals surface area contributed by atoms with E-state index in [-0.39, 0.29) is 5.91 Å². The van der Waals surface area contributed by atoms with Gasteiger partial charge in [0.2, 0.25) is 0 Å². The lowest BCUT2D eigenvalue weighted by Gasteiger charge is -2.06. The maximum absolute atomic E-state index is 12.1. The molecule has 0 spiro atoms. The van der Waals surface area contributed by atoms with Gasteiger partial charge in [-0.15, -0.1) is 0 Å². The summed E-state index contributed by atoms with van der Waals surface area (Å²) >= 11 is 1.57. The van der Waals surface area contributed by atoms with Crippen LogP contribution in [0.1, 0.15) is 21.5 Å². The van der Waals surface area contributed by atoms with E-state index in [1.807, 2.05) is 36.4 Å². The van der Waals surface area contributed by atoms with E-state index in [4.69, 9.17) is 0 Å². The number of hydrogen-bond donors (Lipinski definition) is 2. The second-order valence-electron chi connectivity index (χ2n) is 4.81. The summed E-state index contributed by atoms with van der Waals surface area (Å²) in [5.41, 5.74) is 2.79. The number of benzene rings is 1. The Hall–Kier alpha value is -2.67. The lowest BCUT2D eigenvalue weighted by Crippen LogP contribution is -2.22. The van der Waals surface area contributed by atoms with E-state index in [9.17, 15) is 4.79 Å². The molecule has 6 nitrogen and oxygen atoms in total. The van der Waals surface area contributed by atoms with Crippen LogP contribution in [-0.2, 0) is 12.3 Å². The van der Waals surface area contributed by atoms with Crippen LogP contribution in [0.3, 0.4) is 0 Å². The predicted molar refractivity (Wildman–Crippen MR) is 87.8 cm³/mol. The van der Waals surface area contributed by atoms with Gasteiger partial charge in [0.15, 0.2) is 5.16 Å². The average molecular weight is 325 g/mol. The van der Waals surface area contributed by atoms with Crippen molar-refractivity contribution in [3.05, 3.63) is 71.8 Å². The summed E-state index contributed by atoms with van der Waals surface area (Å²) in [6.45, 7) is 0.491. The number of thioether (sulfide) groups is 1. The number of hydrogen-bond acceptors (Lipinski definition) is 5. The van der Waals surface area contributed by atoms with Gasteiger partial charge in [0.05, 0.1) is 0 Å². The van der Waals surface area contributed by atoms with Crippen molar-refractivity contribution >= 4 is 17.7 Å². The number of amides is 1. The van der Waals surface area contributed by atoms with Crippen LogP contribution >= 0.6 is 11.8 Å². The molecule has 23 heavy (non-hydrogen) atoms. The molecule has 0 aliphatic carbocycles. The first-order valence-electron chi connectivity index (χ1n) is 7.05. The summed E-state index contributed by atoms with van der Waals surface area (Å²) in [5, 5.41) is 10.3. The van der Waals surface area contributed by atoms with Crippen LogP contribution in [0.2, 0.25) is 0 Å². The molecule has 0 saturated carbocycles. The molecule has 3 rings (SSSR count). The van der Waals surface area contributed by atoms with E-state index in [1.165, 1.54) is 6.33 Å². The van der Waals surface area contributed by atoms with Crippen molar-refractivity contribution in [2.75, 3.05) is 0 Å². The third kappa shape index (κ3) is 4.40. The van der Waals surface area contributed by atoms with E-state index in [2.05, 4.69) is 25.5 Å². The monoisotopic (exact) mass is 325 g/mol. The molecule has 0 aliphatic heterocycles. The second-order valence-corrected chi connectivity index (χ2v) is 5.78. The van der Waals surface area contributed by atoms with Crippen molar-refractivity contribution in [3.8, 4) is 0 Å². The van der Waals surface area contributed by atoms with Gasteiger partial charge in [-0.3, -0.25) is 14.9 Å². The van der Waals surface area contributed by atoms with E-state index >= 15 is 0 Å². The van der Waals surface area contributed by atoms with Crippen molar-refractivity contribution in [2.24, 2.45) is 0 Å². The molecule has 3 aromatic rings. The van der Waals surface area contributed by atoms with E-state index in [0.717, 1.165) is 22.0 Å². The van der Waals surface area contributed by atoms with Crippen LogP contribution in [0.15, 0.2) is 60.3 Å². The highest BCUT2D eigenvalue weighted by molar-refractivity contribution is 7.98. The molecule has 0 radical (unpaired) electrons. The minimum atomic E-state index is -0.0868. The lowest BCUT2D eigenvalue weighted by molar-refractivity contribution is 0.0951. The summed E-state index contributed by atoms with van der Waals surface area (Å²) in [7, 11) is 0. The molecule has 7 heteroatoms. The summed E-state index contributed by atoms with van der Waals surface area (Å²) in [4.78, 5) is 20.1. The standard InChI is InChI=1S/C16H15N5OS/c22-15(18-9-12-5-7-17-8-6-12)14-3-1-13(2-4-14)10-23-16-19-11-20-21-16/h1-8,11H,9-10H2,(H,18,22)(H,19,20,21). The average Bonchev–Trinajstić information content (AvgIpc) is 3.13. The molecule has 1 amide bonds. The van der Waals surface area contributed by atoms with E-state index in [1.54, 1.807) is 24.2 Å². The van der Waals surface area contributed by atoms with Crippen LogP contribution in [0.25, 0.3) is 0 Å². The number of aromatic nitrogens is 4. The number of H-pyrrole nitrogens is 1. The minimum Gasteiger partial charge on any atom is -0.348 e. The first-order chi connectivity index (χ1) is 11.3. The molecule has 1 aromatic carbocycles. The van der Waals surface area contributed by atoms with Gasteiger partial charge in [0.25, 0.3) is 5.91 Å². The fourth-order valence-corrected chi connectivity index (χ4v) is 2.69. The normalized spacial score (nSPS) is 10.4. The number of carbonyl (C=O) groups excluding carboxylic acids is 1. The SMILES string of the molecule is O=C(NCc1ccncc1)c1ccc(CSc2ncn[nH]2)cc1. The minimum absolute atomic E-state index is 0.0868. The Bertz CT molecular complexity index is 744. The number of rotatable bonds is 6. The van der Waals surface area contributed by atoms with Gasteiger partial charge in [-0.05, 0) is 35.4 Å². The van der Waals surface area contributed by atoms with Crippen molar-refractivity contribution in [1.29, 1.82) is 0 Å². The molecule has 0 bridgehead atoms. The lowest BCUT2D eigenvalue weighted by atomic mass is 10.1. The van der Waals surface area contributed by atoms with Gasteiger partial charge < -0.3 is 5.32 Å². The Morgan fingerprint density at radius 1 is 1.09 bits per heavy atom. The molecule has 116 valence electrons. The molecule has 0 aliphatic rings. The molecular formula is C16H15N5OS. The molecular weight excluding hydrogens is 310 g/mol. The molecule has 2 N–H and O–H groups in total. The van der Waals surface area contributed by atoms with Gasteiger partial charge in [-0.25, -0.2) is 4.98 Å². The zero-order chi connectivity index (χ0) is 15.9. The van der Waals surface area contributed by atoms with E-state index in [0.29, 0.717) is 12.1 Å². The molecule has 2 aromatic heterocycles. The summed E-state index contributed by atoms with van der Waals surface area (Å²) in [6, 6.07) is 11.3. The quantitative estimate of drug-likeness (QED) is 0.680. The third-order valence-electron chi connectivity index (χ3n) is 3.19. The van der Waals surface area contributed by atoms with E-state index < -0.39 is 0 Å². The second kappa shape index (κ2) is 7.55. The number of nitrogens with one attached hydrogen (secondary N) is 2. The number of aromatic amines is 1. The maximum Gasteiger partial charge on any atom is 0.251 e. The largest absolute Gasteiger partial charge is 0.348 e. The van der Waals surface area contributed by atoms with Gasteiger partial charge in [-0.1, -0.05) is 23.9 Å². The van der Waals surface area contributed by atoms with Gasteiger partial charge in [0.1, 0.15) is 6.33 Å². The summed E-state index contributed by atoms with van der Waals surface area (Å²) < 4.78 is 0. The number of pyridine rings is 1. The highest BCUT2D eigenvalue weighted by Crippen LogP contribution is 2.18. The molecule has 2 heterocycles. The van der Waals surface area contributed by atoms with Gasteiger partial charge in [0, 0.05) is 30.3 Å². The Morgan fingerprint density at radius 2 is 1.87 bits per heavy atom. The van der Waals surface area contributed by atoms with Crippen molar-refractivity contribution in [2.45, 2.75) is 17.5 Å². The summed E-state index contributed by atoms with van der Waals surface area (Å²) in [6.07, 6.45) is 4.91. The highest BCUT2D eigenvalue weighted by Gasteiger charge is 2.06. The van der Waals surface area contributed by atoms with Gasteiger partial charge >= 0.3 is 0 Å². The zero-order valence-electron chi connectivity index (χ0n) is 12.3. The smallest absolute Gasteiger partial charge is 0.251 e. The molecule has 0 unspecified atom stereocenters. The van der Waals surface area contributed by atoms with Gasteiger partial charge in [-0.2, -0.15) is 5.10 Å². The van der Waals surface area contributed by atoms with Crippen LogP contribution in [0.5, 0.6) is 0 Å². The zero-order valence-corrected chi connectivity index (χ0v) is 13.1. The number of nitrogens with zero attached hydrogens (tertiary/aromatic N) is 3. The van der Waals surface area contributed by atoms with Crippen molar-refractivity contribution < 1.29 is 4.79 Å². The first kappa shape index (κ1) is 15.2. The number of carbonyl (C=O) groups is 1.